The van der Waals surface area contributed by atoms with Crippen LogP contribution in [0.1, 0.15) is 25.0 Å². The molecule has 0 aromatic carbocycles. The summed E-state index contributed by atoms with van der Waals surface area (Å²) < 4.78 is 0. The number of aliphatic carboxylic acids is 2. The zero-order valence-corrected chi connectivity index (χ0v) is 16.9. The van der Waals surface area contributed by atoms with Crippen LogP contribution in [0.15, 0.2) is 12.5 Å². The number of primary amides is 1. The summed E-state index contributed by atoms with van der Waals surface area (Å²) in [4.78, 5) is 76.8. The van der Waals surface area contributed by atoms with Crippen molar-refractivity contribution in [3.63, 3.8) is 0 Å². The van der Waals surface area contributed by atoms with Crippen LogP contribution in [0.5, 0.6) is 0 Å². The van der Waals surface area contributed by atoms with Crippen molar-refractivity contribution >= 4 is 35.6 Å². The average Bonchev–Trinajstić information content (AvgIpc) is 3.22. The lowest BCUT2D eigenvalue weighted by Gasteiger charge is -2.23. The van der Waals surface area contributed by atoms with Crippen LogP contribution in [0.25, 0.3) is 0 Å². The normalized spacial score (nSPS) is 13.3. The molecule has 0 aliphatic heterocycles. The van der Waals surface area contributed by atoms with E-state index in [0.29, 0.717) is 5.69 Å². The fourth-order valence-corrected chi connectivity index (χ4v) is 2.56. The van der Waals surface area contributed by atoms with Gasteiger partial charge in [-0.3, -0.25) is 24.0 Å². The van der Waals surface area contributed by atoms with Crippen molar-refractivity contribution in [2.75, 3.05) is 6.54 Å². The highest BCUT2D eigenvalue weighted by atomic mass is 16.4. The number of nitrogens with zero attached hydrogens (tertiary/aromatic N) is 1. The molecule has 0 aliphatic carbocycles. The van der Waals surface area contributed by atoms with Crippen LogP contribution in [-0.4, -0.2) is 80.4 Å². The maximum absolute atomic E-state index is 12.6. The second-order valence-electron chi connectivity index (χ2n) is 6.67. The number of hydrogen-bond donors (Lipinski definition) is 8. The number of carboxylic acid groups (broad SMARTS) is 2. The number of carbonyl (C=O) groups excluding carboxylic acids is 4. The van der Waals surface area contributed by atoms with Crippen molar-refractivity contribution < 1.29 is 39.0 Å². The second kappa shape index (κ2) is 12.6. The van der Waals surface area contributed by atoms with Gasteiger partial charge in [0.25, 0.3) is 0 Å². The average molecular weight is 455 g/mol. The molecule has 0 saturated heterocycles. The lowest BCUT2D eigenvalue weighted by atomic mass is 10.1. The monoisotopic (exact) mass is 455 g/mol. The third-order valence-electron chi connectivity index (χ3n) is 4.12. The SMILES string of the molecule is NCC(=O)NC(CCC(=O)O)C(=O)NC(CC(N)=O)C(=O)NC(Cc1cnc[nH]1)C(=O)O. The number of aromatic nitrogens is 2. The number of nitrogens with two attached hydrogens (primary N) is 2. The maximum atomic E-state index is 12.6. The predicted molar refractivity (Wildman–Crippen MR) is 105 cm³/mol. The Bertz CT molecular complexity index is 842. The largest absolute Gasteiger partial charge is 0.481 e. The van der Waals surface area contributed by atoms with Crippen molar-refractivity contribution in [3.05, 3.63) is 18.2 Å². The molecular formula is C17H25N7O8. The highest BCUT2D eigenvalue weighted by Gasteiger charge is 2.31. The smallest absolute Gasteiger partial charge is 0.326 e. The van der Waals surface area contributed by atoms with Gasteiger partial charge in [0, 0.05) is 24.7 Å². The lowest BCUT2D eigenvalue weighted by Crippen LogP contribution is -2.57. The number of nitrogens with one attached hydrogen (secondary N) is 4. The summed E-state index contributed by atoms with van der Waals surface area (Å²) in [6.07, 6.45) is 1.03. The Morgan fingerprint density at radius 2 is 1.62 bits per heavy atom. The molecule has 0 saturated carbocycles. The zero-order valence-electron chi connectivity index (χ0n) is 16.9. The third kappa shape index (κ3) is 9.21. The molecule has 1 aromatic rings. The van der Waals surface area contributed by atoms with Crippen LogP contribution < -0.4 is 27.4 Å². The summed E-state index contributed by atoms with van der Waals surface area (Å²) in [6.45, 7) is -0.476. The molecule has 3 atom stereocenters. The number of imidazole rings is 1. The first kappa shape index (κ1) is 26.0. The number of aromatic amines is 1. The molecule has 0 fully saturated rings. The van der Waals surface area contributed by atoms with Crippen molar-refractivity contribution in [2.24, 2.45) is 11.5 Å². The molecule has 4 amide bonds. The molecule has 10 N–H and O–H groups in total. The van der Waals surface area contributed by atoms with Crippen molar-refractivity contribution in [2.45, 2.75) is 43.8 Å². The van der Waals surface area contributed by atoms with E-state index in [1.54, 1.807) is 0 Å². The molecule has 3 unspecified atom stereocenters. The molecule has 15 nitrogen and oxygen atoms in total. The van der Waals surface area contributed by atoms with E-state index in [0.717, 1.165) is 0 Å². The fourth-order valence-electron chi connectivity index (χ4n) is 2.56. The Kier molecular flexibility index (Phi) is 10.3. The highest BCUT2D eigenvalue weighted by molar-refractivity contribution is 5.96. The van der Waals surface area contributed by atoms with Gasteiger partial charge >= 0.3 is 11.9 Å². The number of carboxylic acids is 2. The minimum atomic E-state index is -1.58. The summed E-state index contributed by atoms with van der Waals surface area (Å²) in [5, 5.41) is 24.8. The fraction of sp³-hybridized carbons (Fsp3) is 0.471. The van der Waals surface area contributed by atoms with Crippen molar-refractivity contribution in [3.8, 4) is 0 Å². The van der Waals surface area contributed by atoms with Gasteiger partial charge in [0.05, 0.1) is 19.3 Å². The molecular weight excluding hydrogens is 430 g/mol. The quantitative estimate of drug-likeness (QED) is 0.135. The topological polar surface area (TPSA) is 260 Å². The van der Waals surface area contributed by atoms with Crippen molar-refractivity contribution in [1.29, 1.82) is 0 Å². The first-order valence-corrected chi connectivity index (χ1v) is 9.33. The van der Waals surface area contributed by atoms with Crippen LogP contribution in [0.4, 0.5) is 0 Å². The summed E-state index contributed by atoms with van der Waals surface area (Å²) in [6, 6.07) is -4.37. The molecule has 15 heteroatoms. The standard InChI is InChI=1S/C17H25N7O8/c18-5-13(26)22-9(1-2-14(27)28)15(29)23-10(4-12(19)25)16(30)24-11(17(31)32)3-8-6-20-7-21-8/h6-7,9-11H,1-5,18H2,(H2,19,25)(H,20,21)(H,22,26)(H,23,29)(H,24,30)(H,27,28)(H,31,32). The first-order valence-electron chi connectivity index (χ1n) is 9.33. The van der Waals surface area contributed by atoms with E-state index in [1.807, 2.05) is 0 Å². The van der Waals surface area contributed by atoms with Crippen LogP contribution in [0.3, 0.4) is 0 Å². The van der Waals surface area contributed by atoms with Gasteiger partial charge in [-0.05, 0) is 6.42 Å². The predicted octanol–water partition coefficient (Wildman–Crippen LogP) is -3.81. The van der Waals surface area contributed by atoms with Crippen LogP contribution in [-0.2, 0) is 35.2 Å². The van der Waals surface area contributed by atoms with E-state index >= 15 is 0 Å². The Balaban J connectivity index is 2.95. The number of carbonyl (C=O) groups is 6. The Hall–Kier alpha value is -4.01. The highest BCUT2D eigenvalue weighted by Crippen LogP contribution is 2.04. The maximum Gasteiger partial charge on any atom is 0.326 e. The summed E-state index contributed by atoms with van der Waals surface area (Å²) >= 11 is 0. The molecule has 0 radical (unpaired) electrons. The Labute approximate surface area is 181 Å². The van der Waals surface area contributed by atoms with E-state index in [4.69, 9.17) is 16.6 Å². The number of rotatable bonds is 14. The molecule has 0 bridgehead atoms. The molecule has 1 aromatic heterocycles. The van der Waals surface area contributed by atoms with Crippen LogP contribution in [0.2, 0.25) is 0 Å². The van der Waals surface area contributed by atoms with Gasteiger partial charge in [0.2, 0.25) is 23.6 Å². The van der Waals surface area contributed by atoms with E-state index in [2.05, 4.69) is 25.9 Å². The van der Waals surface area contributed by atoms with E-state index in [9.17, 15) is 33.9 Å². The molecule has 0 aliphatic rings. The molecule has 0 spiro atoms. The van der Waals surface area contributed by atoms with E-state index in [1.165, 1.54) is 12.5 Å². The minimum absolute atomic E-state index is 0.161. The number of hydrogen-bond acceptors (Lipinski definition) is 8. The number of amides is 4. The van der Waals surface area contributed by atoms with Crippen LogP contribution >= 0.6 is 0 Å². The van der Waals surface area contributed by atoms with Gasteiger partial charge in [-0.25, -0.2) is 9.78 Å². The molecule has 1 rings (SSSR count). The van der Waals surface area contributed by atoms with E-state index in [-0.39, 0.29) is 12.8 Å². The van der Waals surface area contributed by atoms with Gasteiger partial charge in [-0.2, -0.15) is 0 Å². The van der Waals surface area contributed by atoms with Gasteiger partial charge in [-0.15, -0.1) is 0 Å². The molecule has 1 heterocycles. The summed E-state index contributed by atoms with van der Waals surface area (Å²) in [5.74, 6) is -6.34. The molecule has 176 valence electrons. The first-order chi connectivity index (χ1) is 15.0. The minimum Gasteiger partial charge on any atom is -0.481 e. The van der Waals surface area contributed by atoms with Gasteiger partial charge in [0.1, 0.15) is 18.1 Å². The van der Waals surface area contributed by atoms with Gasteiger partial charge in [0.15, 0.2) is 0 Å². The summed E-state index contributed by atoms with van der Waals surface area (Å²) in [5.41, 5.74) is 10.7. The zero-order chi connectivity index (χ0) is 24.3. The van der Waals surface area contributed by atoms with E-state index < -0.39 is 73.1 Å². The third-order valence-corrected chi connectivity index (χ3v) is 4.12. The lowest BCUT2D eigenvalue weighted by molar-refractivity contribution is -0.142. The Morgan fingerprint density at radius 1 is 1.00 bits per heavy atom. The van der Waals surface area contributed by atoms with Gasteiger partial charge in [-0.1, -0.05) is 0 Å². The number of H-pyrrole nitrogens is 1. The van der Waals surface area contributed by atoms with Gasteiger partial charge < -0.3 is 42.6 Å². The van der Waals surface area contributed by atoms with Crippen LogP contribution in [0, 0.1) is 0 Å². The Morgan fingerprint density at radius 3 is 2.12 bits per heavy atom. The summed E-state index contributed by atoms with van der Waals surface area (Å²) in [7, 11) is 0. The van der Waals surface area contributed by atoms with Crippen molar-refractivity contribution in [1.82, 2.24) is 25.9 Å². The molecule has 32 heavy (non-hydrogen) atoms. The second-order valence-corrected chi connectivity index (χ2v) is 6.67.